The molecule has 1 N–H and O–H groups in total. The topological polar surface area (TPSA) is 12.0 Å². The van der Waals surface area contributed by atoms with Gasteiger partial charge in [0.05, 0.1) is 0 Å². The molecule has 0 heterocycles. The van der Waals surface area contributed by atoms with Crippen molar-refractivity contribution in [1.29, 1.82) is 0 Å². The van der Waals surface area contributed by atoms with E-state index in [-0.39, 0.29) is 5.82 Å². The average molecular weight is 312 g/mol. The Morgan fingerprint density at radius 2 is 1.95 bits per heavy atom. The van der Waals surface area contributed by atoms with E-state index >= 15 is 0 Å². The van der Waals surface area contributed by atoms with Crippen molar-refractivity contribution in [3.63, 3.8) is 0 Å². The first-order valence-corrected chi connectivity index (χ1v) is 8.74. The SMILES string of the molecule is CCNC(Cc1ccc(F)cc1Cl)CC1CCCCCC1. The van der Waals surface area contributed by atoms with E-state index in [2.05, 4.69) is 12.2 Å². The van der Waals surface area contributed by atoms with Crippen molar-refractivity contribution in [2.45, 2.75) is 64.3 Å². The summed E-state index contributed by atoms with van der Waals surface area (Å²) in [6, 6.07) is 5.21. The van der Waals surface area contributed by atoms with E-state index in [4.69, 9.17) is 11.6 Å². The van der Waals surface area contributed by atoms with Gasteiger partial charge in [0.1, 0.15) is 5.82 Å². The number of benzene rings is 1. The van der Waals surface area contributed by atoms with Crippen LogP contribution in [0.3, 0.4) is 0 Å². The van der Waals surface area contributed by atoms with Gasteiger partial charge in [-0.3, -0.25) is 0 Å². The highest BCUT2D eigenvalue weighted by atomic mass is 35.5. The van der Waals surface area contributed by atoms with Crippen LogP contribution in [0.15, 0.2) is 18.2 Å². The summed E-state index contributed by atoms with van der Waals surface area (Å²) < 4.78 is 13.2. The molecule has 1 aromatic carbocycles. The molecule has 1 aliphatic carbocycles. The molecule has 0 radical (unpaired) electrons. The van der Waals surface area contributed by atoms with Gasteiger partial charge in [-0.05, 0) is 43.0 Å². The lowest BCUT2D eigenvalue weighted by Crippen LogP contribution is -2.33. The molecule has 1 nitrogen and oxygen atoms in total. The molecule has 1 fully saturated rings. The van der Waals surface area contributed by atoms with Crippen molar-refractivity contribution in [3.05, 3.63) is 34.6 Å². The smallest absolute Gasteiger partial charge is 0.124 e. The van der Waals surface area contributed by atoms with Crippen LogP contribution in [0.4, 0.5) is 4.39 Å². The van der Waals surface area contributed by atoms with Gasteiger partial charge in [-0.25, -0.2) is 4.39 Å². The second-order valence-electron chi connectivity index (χ2n) is 6.29. The van der Waals surface area contributed by atoms with Crippen LogP contribution >= 0.6 is 11.6 Å². The predicted molar refractivity (Wildman–Crippen MR) is 88.4 cm³/mol. The molecule has 1 aliphatic rings. The molecule has 21 heavy (non-hydrogen) atoms. The van der Waals surface area contributed by atoms with Crippen LogP contribution < -0.4 is 5.32 Å². The van der Waals surface area contributed by atoms with Crippen LogP contribution in [0.2, 0.25) is 5.02 Å². The van der Waals surface area contributed by atoms with Gasteiger partial charge in [0.25, 0.3) is 0 Å². The van der Waals surface area contributed by atoms with Crippen LogP contribution in [-0.4, -0.2) is 12.6 Å². The Kier molecular flexibility index (Phi) is 6.98. The third kappa shape index (κ3) is 5.60. The van der Waals surface area contributed by atoms with Gasteiger partial charge in [0.2, 0.25) is 0 Å². The number of hydrogen-bond donors (Lipinski definition) is 1. The monoisotopic (exact) mass is 311 g/mol. The fourth-order valence-electron chi connectivity index (χ4n) is 3.48. The molecule has 3 heteroatoms. The molecule has 1 unspecified atom stereocenters. The zero-order valence-corrected chi connectivity index (χ0v) is 13.8. The molecule has 2 rings (SSSR count). The van der Waals surface area contributed by atoms with E-state index in [1.807, 2.05) is 6.07 Å². The second-order valence-corrected chi connectivity index (χ2v) is 6.69. The highest BCUT2D eigenvalue weighted by molar-refractivity contribution is 6.31. The fourth-order valence-corrected chi connectivity index (χ4v) is 3.73. The quantitative estimate of drug-likeness (QED) is 0.697. The molecule has 0 bridgehead atoms. The first-order chi connectivity index (χ1) is 10.2. The van der Waals surface area contributed by atoms with E-state index in [1.165, 1.54) is 57.1 Å². The van der Waals surface area contributed by atoms with E-state index in [9.17, 15) is 4.39 Å². The van der Waals surface area contributed by atoms with Crippen molar-refractivity contribution in [2.75, 3.05) is 6.54 Å². The summed E-state index contributed by atoms with van der Waals surface area (Å²) in [6.07, 6.45) is 10.4. The Hall–Kier alpha value is -0.600. The largest absolute Gasteiger partial charge is 0.314 e. The van der Waals surface area contributed by atoms with Crippen LogP contribution in [0, 0.1) is 11.7 Å². The van der Waals surface area contributed by atoms with E-state index in [1.54, 1.807) is 0 Å². The first kappa shape index (κ1) is 16.8. The Bertz CT molecular complexity index is 427. The summed E-state index contributed by atoms with van der Waals surface area (Å²) in [4.78, 5) is 0. The minimum Gasteiger partial charge on any atom is -0.314 e. The van der Waals surface area contributed by atoms with Gasteiger partial charge in [0.15, 0.2) is 0 Å². The summed E-state index contributed by atoms with van der Waals surface area (Å²) in [6.45, 7) is 3.11. The van der Waals surface area contributed by atoms with Gasteiger partial charge < -0.3 is 5.32 Å². The van der Waals surface area contributed by atoms with E-state index in [0.29, 0.717) is 11.1 Å². The average Bonchev–Trinajstić information content (AvgIpc) is 2.71. The summed E-state index contributed by atoms with van der Waals surface area (Å²) in [7, 11) is 0. The standard InChI is InChI=1S/C18H27ClFN/c1-2-21-17(11-14-7-5-3-4-6-8-14)12-15-9-10-16(20)13-18(15)19/h9-10,13-14,17,21H,2-8,11-12H2,1H3. The van der Waals surface area contributed by atoms with Gasteiger partial charge in [-0.1, -0.05) is 63.1 Å². The van der Waals surface area contributed by atoms with Crippen LogP contribution in [0.1, 0.15) is 57.4 Å². The van der Waals surface area contributed by atoms with Crippen molar-refractivity contribution in [2.24, 2.45) is 5.92 Å². The molecule has 1 saturated carbocycles. The number of rotatable bonds is 6. The molecule has 0 aliphatic heterocycles. The summed E-state index contributed by atoms with van der Waals surface area (Å²) >= 11 is 6.17. The Labute approximate surface area is 133 Å². The number of hydrogen-bond acceptors (Lipinski definition) is 1. The predicted octanol–water partition coefficient (Wildman–Crippen LogP) is 5.36. The number of nitrogens with one attached hydrogen (secondary N) is 1. The first-order valence-electron chi connectivity index (χ1n) is 8.36. The molecular weight excluding hydrogens is 285 g/mol. The van der Waals surface area contributed by atoms with E-state index < -0.39 is 0 Å². The maximum Gasteiger partial charge on any atom is 0.124 e. The Morgan fingerprint density at radius 3 is 2.57 bits per heavy atom. The van der Waals surface area contributed by atoms with Crippen molar-refractivity contribution in [3.8, 4) is 0 Å². The van der Waals surface area contributed by atoms with Crippen LogP contribution in [0.5, 0.6) is 0 Å². The van der Waals surface area contributed by atoms with Crippen molar-refractivity contribution in [1.82, 2.24) is 5.32 Å². The third-order valence-corrected chi connectivity index (χ3v) is 4.92. The molecule has 0 spiro atoms. The Balaban J connectivity index is 1.97. The normalized spacial score (nSPS) is 18.4. The molecule has 0 aromatic heterocycles. The summed E-state index contributed by atoms with van der Waals surface area (Å²) in [5.41, 5.74) is 1.05. The lowest BCUT2D eigenvalue weighted by Gasteiger charge is -2.24. The highest BCUT2D eigenvalue weighted by Gasteiger charge is 2.19. The molecular formula is C18H27ClFN. The highest BCUT2D eigenvalue weighted by Crippen LogP contribution is 2.28. The fraction of sp³-hybridized carbons (Fsp3) is 0.667. The van der Waals surface area contributed by atoms with Gasteiger partial charge >= 0.3 is 0 Å². The molecule has 1 aromatic rings. The van der Waals surface area contributed by atoms with Gasteiger partial charge in [-0.15, -0.1) is 0 Å². The molecule has 1 atom stereocenters. The van der Waals surface area contributed by atoms with Crippen molar-refractivity contribution < 1.29 is 4.39 Å². The number of halogens is 2. The lowest BCUT2D eigenvalue weighted by atomic mass is 9.90. The second kappa shape index (κ2) is 8.75. The van der Waals surface area contributed by atoms with Crippen LogP contribution in [0.25, 0.3) is 0 Å². The maximum atomic E-state index is 13.2. The summed E-state index contributed by atoms with van der Waals surface area (Å²) in [5.74, 6) is 0.572. The Morgan fingerprint density at radius 1 is 1.24 bits per heavy atom. The van der Waals surface area contributed by atoms with Gasteiger partial charge in [-0.2, -0.15) is 0 Å². The molecule has 118 valence electrons. The zero-order chi connectivity index (χ0) is 15.1. The third-order valence-electron chi connectivity index (χ3n) is 4.57. The minimum absolute atomic E-state index is 0.257. The van der Waals surface area contributed by atoms with Crippen molar-refractivity contribution >= 4 is 11.6 Å². The number of likely N-dealkylation sites (N-methyl/N-ethyl adjacent to an activating group) is 1. The summed E-state index contributed by atoms with van der Waals surface area (Å²) in [5, 5.41) is 4.14. The maximum absolute atomic E-state index is 13.2. The van der Waals surface area contributed by atoms with Crippen LogP contribution in [-0.2, 0) is 6.42 Å². The van der Waals surface area contributed by atoms with E-state index in [0.717, 1.165) is 24.4 Å². The zero-order valence-electron chi connectivity index (χ0n) is 13.0. The molecule has 0 saturated heterocycles. The minimum atomic E-state index is -0.257. The molecule has 0 amide bonds. The van der Waals surface area contributed by atoms with Gasteiger partial charge in [0, 0.05) is 11.1 Å². The lowest BCUT2D eigenvalue weighted by molar-refractivity contribution is 0.353.